The number of hydrogen-bond donors (Lipinski definition) is 1. The summed E-state index contributed by atoms with van der Waals surface area (Å²) in [4.78, 5) is 26.0. The molecule has 1 heterocycles. The number of carbonyl (C=O) groups excluding carboxylic acids is 2. The van der Waals surface area contributed by atoms with Crippen molar-refractivity contribution in [3.05, 3.63) is 58.1 Å². The summed E-state index contributed by atoms with van der Waals surface area (Å²) < 4.78 is 5.40. The number of ether oxygens (including phenoxy) is 1. The predicted octanol–water partition coefficient (Wildman–Crippen LogP) is 3.99. The van der Waals surface area contributed by atoms with E-state index in [0.717, 1.165) is 5.56 Å². The fourth-order valence-corrected chi connectivity index (χ4v) is 3.43. The quantitative estimate of drug-likeness (QED) is 0.836. The molecule has 0 unspecified atom stereocenters. The van der Waals surface area contributed by atoms with Gasteiger partial charge in [-0.3, -0.25) is 9.59 Å². The molecule has 0 fully saturated rings. The zero-order chi connectivity index (χ0) is 18.7. The molecule has 0 bridgehead atoms. The molecule has 0 saturated carbocycles. The number of nitrogens with zero attached hydrogens (tertiary/aromatic N) is 1. The lowest BCUT2D eigenvalue weighted by molar-refractivity contribution is -0.122. The van der Waals surface area contributed by atoms with Gasteiger partial charge in [0.25, 0.3) is 5.91 Å². The van der Waals surface area contributed by atoms with Crippen molar-refractivity contribution in [2.24, 2.45) is 0 Å². The highest BCUT2D eigenvalue weighted by atomic mass is 35.5. The Labute approximate surface area is 161 Å². The average Bonchev–Trinajstić information content (AvgIpc) is 2.60. The molecule has 26 heavy (non-hydrogen) atoms. The highest BCUT2D eigenvalue weighted by Crippen LogP contribution is 2.31. The van der Waals surface area contributed by atoms with Crippen molar-refractivity contribution >= 4 is 40.7 Å². The summed E-state index contributed by atoms with van der Waals surface area (Å²) in [5.74, 6) is 0.319. The summed E-state index contributed by atoms with van der Waals surface area (Å²) in [5.41, 5.74) is 1.47. The van der Waals surface area contributed by atoms with Gasteiger partial charge in [0, 0.05) is 23.0 Å². The fraction of sp³-hybridized carbons (Fsp3) is 0.263. The standard InChI is InChI=1S/C19H18Cl2N2O3/c1-12(14-7-6-13(20)10-15(14)21)22-18(24)8-9-23-16-4-2-3-5-17(16)26-11-19(23)25/h2-7,10,12H,8-9,11H2,1H3,(H,22,24)/t12-/m1/s1. The largest absolute Gasteiger partial charge is 0.482 e. The van der Waals surface area contributed by atoms with Crippen LogP contribution < -0.4 is 15.0 Å². The minimum atomic E-state index is -0.264. The molecular formula is C19H18Cl2N2O3. The Balaban J connectivity index is 1.61. The first kappa shape index (κ1) is 18.5. The van der Waals surface area contributed by atoms with E-state index in [-0.39, 0.29) is 37.4 Å². The van der Waals surface area contributed by atoms with Gasteiger partial charge >= 0.3 is 0 Å². The molecule has 0 saturated heterocycles. The summed E-state index contributed by atoms with van der Waals surface area (Å²) in [6.45, 7) is 2.11. The average molecular weight is 393 g/mol. The van der Waals surface area contributed by atoms with Crippen LogP contribution in [0, 0.1) is 0 Å². The number of benzene rings is 2. The molecule has 1 aliphatic rings. The second kappa shape index (κ2) is 7.98. The van der Waals surface area contributed by atoms with E-state index in [1.165, 1.54) is 0 Å². The van der Waals surface area contributed by atoms with Crippen molar-refractivity contribution in [2.75, 3.05) is 18.1 Å². The number of hydrogen-bond acceptors (Lipinski definition) is 3. The van der Waals surface area contributed by atoms with Crippen LogP contribution >= 0.6 is 23.2 Å². The lowest BCUT2D eigenvalue weighted by Crippen LogP contribution is -2.41. The number of nitrogens with one attached hydrogen (secondary N) is 1. The molecule has 2 aromatic carbocycles. The topological polar surface area (TPSA) is 58.6 Å². The third kappa shape index (κ3) is 4.11. The second-order valence-corrected chi connectivity index (χ2v) is 6.85. The van der Waals surface area contributed by atoms with Crippen molar-refractivity contribution in [1.82, 2.24) is 5.32 Å². The van der Waals surface area contributed by atoms with Crippen LogP contribution in [0.15, 0.2) is 42.5 Å². The molecule has 0 aliphatic carbocycles. The van der Waals surface area contributed by atoms with Crippen LogP contribution in [0.25, 0.3) is 0 Å². The first-order valence-electron chi connectivity index (χ1n) is 8.22. The Morgan fingerprint density at radius 3 is 2.81 bits per heavy atom. The molecule has 1 aliphatic heterocycles. The van der Waals surface area contributed by atoms with Gasteiger partial charge in [0.2, 0.25) is 5.91 Å². The van der Waals surface area contributed by atoms with E-state index in [4.69, 9.17) is 27.9 Å². The van der Waals surface area contributed by atoms with Crippen molar-refractivity contribution < 1.29 is 14.3 Å². The molecule has 7 heteroatoms. The lowest BCUT2D eigenvalue weighted by Gasteiger charge is -2.29. The van der Waals surface area contributed by atoms with Gasteiger partial charge in [-0.25, -0.2) is 0 Å². The number of halogens is 2. The lowest BCUT2D eigenvalue weighted by atomic mass is 10.1. The normalized spacial score (nSPS) is 14.4. The maximum Gasteiger partial charge on any atom is 0.265 e. The van der Waals surface area contributed by atoms with E-state index in [2.05, 4.69) is 5.32 Å². The molecule has 0 aromatic heterocycles. The Morgan fingerprint density at radius 2 is 2.04 bits per heavy atom. The molecule has 1 N–H and O–H groups in total. The van der Waals surface area contributed by atoms with Gasteiger partial charge in [0.05, 0.1) is 11.7 Å². The van der Waals surface area contributed by atoms with Crippen LogP contribution in [-0.4, -0.2) is 25.0 Å². The number of rotatable bonds is 5. The van der Waals surface area contributed by atoms with Gasteiger partial charge in [-0.15, -0.1) is 0 Å². The van der Waals surface area contributed by atoms with E-state index < -0.39 is 0 Å². The van der Waals surface area contributed by atoms with Crippen molar-refractivity contribution in [1.29, 1.82) is 0 Å². The van der Waals surface area contributed by atoms with Crippen molar-refractivity contribution in [2.45, 2.75) is 19.4 Å². The highest BCUT2D eigenvalue weighted by molar-refractivity contribution is 6.35. The maximum atomic E-state index is 12.3. The van der Waals surface area contributed by atoms with E-state index in [0.29, 0.717) is 21.5 Å². The van der Waals surface area contributed by atoms with E-state index in [1.54, 1.807) is 35.2 Å². The smallest absolute Gasteiger partial charge is 0.265 e. The Bertz CT molecular complexity index is 841. The molecule has 0 radical (unpaired) electrons. The van der Waals surface area contributed by atoms with Gasteiger partial charge in [-0.2, -0.15) is 0 Å². The fourth-order valence-electron chi connectivity index (χ4n) is 2.86. The van der Waals surface area contributed by atoms with Crippen LogP contribution in [0.2, 0.25) is 10.0 Å². The van der Waals surface area contributed by atoms with Crippen LogP contribution in [0.5, 0.6) is 5.75 Å². The molecule has 3 rings (SSSR count). The SMILES string of the molecule is C[C@@H](NC(=O)CCN1C(=O)COc2ccccc21)c1ccc(Cl)cc1Cl. The maximum absolute atomic E-state index is 12.3. The van der Waals surface area contributed by atoms with Gasteiger partial charge in [-0.1, -0.05) is 41.4 Å². The number of para-hydroxylation sites is 2. The highest BCUT2D eigenvalue weighted by Gasteiger charge is 2.25. The number of amides is 2. The molecule has 0 spiro atoms. The van der Waals surface area contributed by atoms with Crippen LogP contribution in [0.3, 0.4) is 0 Å². The van der Waals surface area contributed by atoms with Crippen LogP contribution in [0.1, 0.15) is 24.9 Å². The zero-order valence-corrected chi connectivity index (χ0v) is 15.7. The van der Waals surface area contributed by atoms with E-state index >= 15 is 0 Å². The minimum absolute atomic E-state index is 0.0184. The molecule has 136 valence electrons. The van der Waals surface area contributed by atoms with Crippen molar-refractivity contribution in [3.8, 4) is 5.75 Å². The summed E-state index contributed by atoms with van der Waals surface area (Å²) >= 11 is 12.1. The Kier molecular flexibility index (Phi) is 5.69. The molecule has 2 amide bonds. The molecule has 5 nitrogen and oxygen atoms in total. The first-order chi connectivity index (χ1) is 12.5. The number of anilines is 1. The summed E-state index contributed by atoms with van der Waals surface area (Å²) in [6.07, 6.45) is 0.176. The Morgan fingerprint density at radius 1 is 1.27 bits per heavy atom. The predicted molar refractivity (Wildman–Crippen MR) is 102 cm³/mol. The minimum Gasteiger partial charge on any atom is -0.482 e. The Hall–Kier alpha value is -2.24. The second-order valence-electron chi connectivity index (χ2n) is 6.01. The van der Waals surface area contributed by atoms with Crippen LogP contribution in [-0.2, 0) is 9.59 Å². The van der Waals surface area contributed by atoms with Gasteiger partial charge in [0.15, 0.2) is 6.61 Å². The van der Waals surface area contributed by atoms with Crippen molar-refractivity contribution in [3.63, 3.8) is 0 Å². The third-order valence-corrected chi connectivity index (χ3v) is 4.74. The molecule has 2 aromatic rings. The van der Waals surface area contributed by atoms with Gasteiger partial charge in [0.1, 0.15) is 5.75 Å². The summed E-state index contributed by atoms with van der Waals surface area (Å²) in [7, 11) is 0. The molecular weight excluding hydrogens is 375 g/mol. The third-order valence-electron chi connectivity index (χ3n) is 4.18. The van der Waals surface area contributed by atoms with E-state index in [1.807, 2.05) is 19.1 Å². The number of carbonyl (C=O) groups is 2. The monoisotopic (exact) mass is 392 g/mol. The van der Waals surface area contributed by atoms with Gasteiger partial charge in [-0.05, 0) is 36.8 Å². The first-order valence-corrected chi connectivity index (χ1v) is 8.98. The zero-order valence-electron chi connectivity index (χ0n) is 14.2. The summed E-state index contributed by atoms with van der Waals surface area (Å²) in [6, 6.07) is 12.2. The summed E-state index contributed by atoms with van der Waals surface area (Å²) in [5, 5.41) is 3.94. The van der Waals surface area contributed by atoms with Gasteiger partial charge < -0.3 is 15.0 Å². The number of fused-ring (bicyclic) bond motifs is 1. The van der Waals surface area contributed by atoms with Crippen LogP contribution in [0.4, 0.5) is 5.69 Å². The van der Waals surface area contributed by atoms with E-state index in [9.17, 15) is 9.59 Å². The molecule has 1 atom stereocenters.